The summed E-state index contributed by atoms with van der Waals surface area (Å²) < 4.78 is 5.79. The largest absolute Gasteiger partial charge is 0.376 e. The molecule has 0 spiro atoms. The fraction of sp³-hybridized carbons (Fsp3) is 1.00. The second-order valence-corrected chi connectivity index (χ2v) is 5.84. The number of nitrogens with one attached hydrogen (secondary N) is 1. The summed E-state index contributed by atoms with van der Waals surface area (Å²) in [6.07, 6.45) is 4.10. The molecule has 0 amide bonds. The highest BCUT2D eigenvalue weighted by molar-refractivity contribution is 4.74. The van der Waals surface area contributed by atoms with Gasteiger partial charge in [0.2, 0.25) is 0 Å². The van der Waals surface area contributed by atoms with Crippen LogP contribution in [0.4, 0.5) is 0 Å². The van der Waals surface area contributed by atoms with Gasteiger partial charge in [-0.1, -0.05) is 27.7 Å². The molecule has 0 radical (unpaired) electrons. The molecule has 0 aromatic carbocycles. The van der Waals surface area contributed by atoms with Crippen molar-refractivity contribution in [2.45, 2.75) is 59.1 Å². The first kappa shape index (κ1) is 15.9. The van der Waals surface area contributed by atoms with Gasteiger partial charge in [-0.15, -0.1) is 0 Å². The SMILES string of the molecule is CCC(CC)N(CCC1CNCCO1)CC(C)C. The van der Waals surface area contributed by atoms with Crippen LogP contribution in [0, 0.1) is 5.92 Å². The Morgan fingerprint density at radius 2 is 2.00 bits per heavy atom. The average Bonchev–Trinajstić information content (AvgIpc) is 2.38. The molecule has 3 heteroatoms. The zero-order valence-corrected chi connectivity index (χ0v) is 12.7. The molecule has 0 saturated carbocycles. The van der Waals surface area contributed by atoms with E-state index in [1.807, 2.05) is 0 Å². The number of ether oxygens (including phenoxy) is 1. The highest BCUT2D eigenvalue weighted by Crippen LogP contribution is 2.13. The summed E-state index contributed by atoms with van der Waals surface area (Å²) in [5, 5.41) is 3.41. The Morgan fingerprint density at radius 1 is 1.28 bits per heavy atom. The predicted molar refractivity (Wildman–Crippen MR) is 78.0 cm³/mol. The molecule has 1 unspecified atom stereocenters. The van der Waals surface area contributed by atoms with E-state index in [9.17, 15) is 0 Å². The van der Waals surface area contributed by atoms with E-state index in [1.54, 1.807) is 0 Å². The third-order valence-corrected chi connectivity index (χ3v) is 3.80. The molecule has 1 N–H and O–H groups in total. The van der Waals surface area contributed by atoms with Crippen LogP contribution in [0.5, 0.6) is 0 Å². The van der Waals surface area contributed by atoms with Crippen LogP contribution in [0.15, 0.2) is 0 Å². The van der Waals surface area contributed by atoms with Crippen LogP contribution in [0.25, 0.3) is 0 Å². The van der Waals surface area contributed by atoms with Gasteiger partial charge in [-0.2, -0.15) is 0 Å². The van der Waals surface area contributed by atoms with Crippen LogP contribution in [0.2, 0.25) is 0 Å². The lowest BCUT2D eigenvalue weighted by Crippen LogP contribution is -2.43. The number of rotatable bonds is 8. The van der Waals surface area contributed by atoms with Crippen LogP contribution in [-0.4, -0.2) is 49.8 Å². The summed E-state index contributed by atoms with van der Waals surface area (Å²) in [6.45, 7) is 14.5. The average molecular weight is 256 g/mol. The molecule has 1 aliphatic heterocycles. The van der Waals surface area contributed by atoms with Crippen molar-refractivity contribution >= 4 is 0 Å². The Labute approximate surface area is 113 Å². The van der Waals surface area contributed by atoms with Crippen molar-refractivity contribution in [1.82, 2.24) is 10.2 Å². The topological polar surface area (TPSA) is 24.5 Å². The smallest absolute Gasteiger partial charge is 0.0712 e. The molecule has 3 nitrogen and oxygen atoms in total. The van der Waals surface area contributed by atoms with E-state index in [0.717, 1.165) is 38.1 Å². The maximum Gasteiger partial charge on any atom is 0.0712 e. The first-order valence-corrected chi connectivity index (χ1v) is 7.73. The van der Waals surface area contributed by atoms with Crippen LogP contribution in [0.3, 0.4) is 0 Å². The summed E-state index contributed by atoms with van der Waals surface area (Å²) in [5.41, 5.74) is 0. The summed E-state index contributed by atoms with van der Waals surface area (Å²) in [5.74, 6) is 0.746. The van der Waals surface area contributed by atoms with E-state index >= 15 is 0 Å². The highest BCUT2D eigenvalue weighted by atomic mass is 16.5. The minimum atomic E-state index is 0.419. The van der Waals surface area contributed by atoms with Gasteiger partial charge in [-0.25, -0.2) is 0 Å². The first-order valence-electron chi connectivity index (χ1n) is 7.73. The molecule has 0 aromatic rings. The van der Waals surface area contributed by atoms with Crippen LogP contribution in [-0.2, 0) is 4.74 Å². The van der Waals surface area contributed by atoms with Gasteiger partial charge in [-0.3, -0.25) is 0 Å². The Hall–Kier alpha value is -0.120. The zero-order valence-electron chi connectivity index (χ0n) is 12.7. The van der Waals surface area contributed by atoms with E-state index < -0.39 is 0 Å². The molecular weight excluding hydrogens is 224 g/mol. The molecule has 1 saturated heterocycles. The van der Waals surface area contributed by atoms with Crippen molar-refractivity contribution in [3.8, 4) is 0 Å². The number of hydrogen-bond acceptors (Lipinski definition) is 3. The third kappa shape index (κ3) is 5.68. The fourth-order valence-electron chi connectivity index (χ4n) is 2.81. The summed E-state index contributed by atoms with van der Waals surface area (Å²) in [7, 11) is 0. The standard InChI is InChI=1S/C15H32N2O/c1-5-14(6-2)17(12-13(3)4)9-7-15-11-16-8-10-18-15/h13-16H,5-12H2,1-4H3. The molecular formula is C15H32N2O. The van der Waals surface area contributed by atoms with Crippen molar-refractivity contribution < 1.29 is 4.74 Å². The van der Waals surface area contributed by atoms with E-state index in [0.29, 0.717) is 6.10 Å². The molecule has 1 atom stereocenters. The Balaban J connectivity index is 2.38. The third-order valence-electron chi connectivity index (χ3n) is 3.80. The summed E-state index contributed by atoms with van der Waals surface area (Å²) in [4.78, 5) is 2.67. The summed E-state index contributed by atoms with van der Waals surface area (Å²) in [6, 6.07) is 0.740. The Morgan fingerprint density at radius 3 is 2.50 bits per heavy atom. The minimum Gasteiger partial charge on any atom is -0.376 e. The van der Waals surface area contributed by atoms with Gasteiger partial charge in [0, 0.05) is 32.2 Å². The predicted octanol–water partition coefficient (Wildman–Crippen LogP) is 2.51. The molecule has 108 valence electrons. The zero-order chi connectivity index (χ0) is 13.4. The lowest BCUT2D eigenvalue weighted by atomic mass is 10.1. The lowest BCUT2D eigenvalue weighted by Gasteiger charge is -2.34. The van der Waals surface area contributed by atoms with Crippen molar-refractivity contribution in [2.75, 3.05) is 32.8 Å². The van der Waals surface area contributed by atoms with Crippen molar-refractivity contribution in [3.63, 3.8) is 0 Å². The lowest BCUT2D eigenvalue weighted by molar-refractivity contribution is 0.0130. The van der Waals surface area contributed by atoms with Crippen molar-refractivity contribution in [2.24, 2.45) is 5.92 Å². The number of nitrogens with zero attached hydrogens (tertiary/aromatic N) is 1. The van der Waals surface area contributed by atoms with E-state index in [4.69, 9.17) is 4.74 Å². The summed E-state index contributed by atoms with van der Waals surface area (Å²) >= 11 is 0. The normalized spacial score (nSPS) is 21.2. The fourth-order valence-corrected chi connectivity index (χ4v) is 2.81. The first-order chi connectivity index (χ1) is 8.67. The van der Waals surface area contributed by atoms with Gasteiger partial charge in [0.1, 0.15) is 0 Å². The van der Waals surface area contributed by atoms with Gasteiger partial charge >= 0.3 is 0 Å². The Bertz CT molecular complexity index is 199. The van der Waals surface area contributed by atoms with Crippen molar-refractivity contribution in [1.29, 1.82) is 0 Å². The molecule has 0 aromatic heterocycles. The molecule has 18 heavy (non-hydrogen) atoms. The maximum atomic E-state index is 5.79. The van der Waals surface area contributed by atoms with E-state index in [2.05, 4.69) is 37.9 Å². The van der Waals surface area contributed by atoms with Crippen LogP contribution in [0.1, 0.15) is 47.0 Å². The number of morpholine rings is 1. The van der Waals surface area contributed by atoms with Crippen LogP contribution < -0.4 is 5.32 Å². The number of hydrogen-bond donors (Lipinski definition) is 1. The van der Waals surface area contributed by atoms with Gasteiger partial charge in [-0.05, 0) is 25.2 Å². The van der Waals surface area contributed by atoms with E-state index in [-0.39, 0.29) is 0 Å². The molecule has 0 aliphatic carbocycles. The Kier molecular flexibility index (Phi) is 7.87. The highest BCUT2D eigenvalue weighted by Gasteiger charge is 2.19. The van der Waals surface area contributed by atoms with Crippen LogP contribution >= 0.6 is 0 Å². The minimum absolute atomic E-state index is 0.419. The molecule has 1 aliphatic rings. The molecule has 0 bridgehead atoms. The molecule has 1 heterocycles. The molecule has 1 fully saturated rings. The maximum absolute atomic E-state index is 5.79. The molecule has 1 rings (SSSR count). The van der Waals surface area contributed by atoms with Gasteiger partial charge < -0.3 is 15.0 Å². The van der Waals surface area contributed by atoms with Gasteiger partial charge in [0.15, 0.2) is 0 Å². The second-order valence-electron chi connectivity index (χ2n) is 5.84. The van der Waals surface area contributed by atoms with E-state index in [1.165, 1.54) is 25.9 Å². The monoisotopic (exact) mass is 256 g/mol. The van der Waals surface area contributed by atoms with Gasteiger partial charge in [0.25, 0.3) is 0 Å². The van der Waals surface area contributed by atoms with Crippen molar-refractivity contribution in [3.05, 3.63) is 0 Å². The van der Waals surface area contributed by atoms with Gasteiger partial charge in [0.05, 0.1) is 12.7 Å². The second kappa shape index (κ2) is 8.89. The quantitative estimate of drug-likeness (QED) is 0.722.